The van der Waals surface area contributed by atoms with Crippen LogP contribution in [0.4, 0.5) is 0 Å². The van der Waals surface area contributed by atoms with Gasteiger partial charge in [0.2, 0.25) is 0 Å². The van der Waals surface area contributed by atoms with E-state index in [0.717, 1.165) is 12.1 Å². The third-order valence-electron chi connectivity index (χ3n) is 2.08. The van der Waals surface area contributed by atoms with Gasteiger partial charge in [0, 0.05) is 12.8 Å². The lowest BCUT2D eigenvalue weighted by Crippen LogP contribution is -1.98. The Morgan fingerprint density at radius 1 is 1.46 bits per heavy atom. The molecule has 0 fully saturated rings. The van der Waals surface area contributed by atoms with Gasteiger partial charge in [0.15, 0.2) is 5.89 Å². The summed E-state index contributed by atoms with van der Waals surface area (Å²) < 4.78 is 10.7. The molecule has 0 N–H and O–H groups in total. The van der Waals surface area contributed by atoms with Crippen molar-refractivity contribution in [1.82, 2.24) is 4.98 Å². The van der Waals surface area contributed by atoms with Gasteiger partial charge in [-0.2, -0.15) is 0 Å². The molecule has 1 unspecified atom stereocenters. The van der Waals surface area contributed by atoms with Crippen LogP contribution in [0.15, 0.2) is 4.42 Å². The summed E-state index contributed by atoms with van der Waals surface area (Å²) in [6.45, 7) is 8.66. The molecular weight excluding hydrogens is 166 g/mol. The predicted octanol–water partition coefficient (Wildman–Crippen LogP) is 2.90. The molecule has 0 aliphatic heterocycles. The normalized spacial score (nSPS) is 12.9. The minimum absolute atomic E-state index is 0.402. The molecule has 74 valence electrons. The maximum atomic E-state index is 5.35. The topological polar surface area (TPSA) is 35.3 Å². The molecule has 13 heavy (non-hydrogen) atoms. The van der Waals surface area contributed by atoms with Crippen molar-refractivity contribution < 1.29 is 9.15 Å². The van der Waals surface area contributed by atoms with E-state index in [1.54, 1.807) is 0 Å². The van der Waals surface area contributed by atoms with E-state index in [0.29, 0.717) is 24.4 Å². The number of aromatic nitrogens is 1. The van der Waals surface area contributed by atoms with Crippen LogP contribution >= 0.6 is 0 Å². The standard InChI is InChI=1S/C10H17NO2/c1-5-7(3)9-10(12-6-2)13-8(4)11-9/h7H,5-6H2,1-4H3. The van der Waals surface area contributed by atoms with Crippen molar-refractivity contribution in [2.45, 2.75) is 40.0 Å². The Kier molecular flexibility index (Phi) is 3.34. The third-order valence-corrected chi connectivity index (χ3v) is 2.08. The number of nitrogens with zero attached hydrogens (tertiary/aromatic N) is 1. The highest BCUT2D eigenvalue weighted by atomic mass is 16.6. The van der Waals surface area contributed by atoms with Crippen molar-refractivity contribution in [2.75, 3.05) is 6.61 Å². The monoisotopic (exact) mass is 183 g/mol. The molecule has 1 aromatic rings. The van der Waals surface area contributed by atoms with Gasteiger partial charge in [0.1, 0.15) is 5.69 Å². The van der Waals surface area contributed by atoms with E-state index < -0.39 is 0 Å². The highest BCUT2D eigenvalue weighted by Crippen LogP contribution is 2.28. The van der Waals surface area contributed by atoms with Gasteiger partial charge in [0.05, 0.1) is 6.61 Å². The first kappa shape index (κ1) is 10.1. The number of ether oxygens (including phenoxy) is 1. The summed E-state index contributed by atoms with van der Waals surface area (Å²) in [5.74, 6) is 1.67. The van der Waals surface area contributed by atoms with E-state index in [4.69, 9.17) is 9.15 Å². The van der Waals surface area contributed by atoms with Crippen LogP contribution in [-0.4, -0.2) is 11.6 Å². The third kappa shape index (κ3) is 2.23. The zero-order chi connectivity index (χ0) is 9.84. The number of aryl methyl sites for hydroxylation is 1. The smallest absolute Gasteiger partial charge is 0.308 e. The zero-order valence-electron chi connectivity index (χ0n) is 8.76. The molecule has 0 spiro atoms. The average molecular weight is 183 g/mol. The van der Waals surface area contributed by atoms with Crippen molar-refractivity contribution >= 4 is 0 Å². The molecule has 3 nitrogen and oxygen atoms in total. The SMILES string of the molecule is CCOc1oc(C)nc1C(C)CC. The number of oxazole rings is 1. The van der Waals surface area contributed by atoms with Gasteiger partial charge in [-0.1, -0.05) is 13.8 Å². The second-order valence-electron chi connectivity index (χ2n) is 3.15. The maximum absolute atomic E-state index is 5.35. The molecule has 0 saturated heterocycles. The molecular formula is C10H17NO2. The zero-order valence-corrected chi connectivity index (χ0v) is 8.76. The largest absolute Gasteiger partial charge is 0.464 e. The van der Waals surface area contributed by atoms with Crippen LogP contribution < -0.4 is 4.74 Å². The highest BCUT2D eigenvalue weighted by molar-refractivity contribution is 5.19. The first-order valence-corrected chi connectivity index (χ1v) is 4.79. The molecule has 1 rings (SSSR count). The van der Waals surface area contributed by atoms with Gasteiger partial charge >= 0.3 is 5.95 Å². The molecule has 1 atom stereocenters. The number of hydrogen-bond donors (Lipinski definition) is 0. The molecule has 0 aliphatic carbocycles. The lowest BCUT2D eigenvalue weighted by molar-refractivity contribution is 0.248. The van der Waals surface area contributed by atoms with E-state index in [1.165, 1.54) is 0 Å². The fourth-order valence-electron chi connectivity index (χ4n) is 1.16. The molecule has 0 radical (unpaired) electrons. The molecule has 3 heteroatoms. The summed E-state index contributed by atoms with van der Waals surface area (Å²) in [5.41, 5.74) is 0.946. The Hall–Kier alpha value is -0.990. The minimum atomic E-state index is 0.402. The van der Waals surface area contributed by atoms with Gasteiger partial charge in [-0.3, -0.25) is 0 Å². The summed E-state index contributed by atoms with van der Waals surface area (Å²) in [7, 11) is 0. The van der Waals surface area contributed by atoms with Crippen LogP contribution in [-0.2, 0) is 0 Å². The Labute approximate surface area is 79.1 Å². The van der Waals surface area contributed by atoms with E-state index in [2.05, 4.69) is 18.8 Å². The first-order chi connectivity index (χ1) is 6.19. The van der Waals surface area contributed by atoms with Crippen LogP contribution in [0.25, 0.3) is 0 Å². The van der Waals surface area contributed by atoms with Crippen LogP contribution in [0.3, 0.4) is 0 Å². The van der Waals surface area contributed by atoms with E-state index in [9.17, 15) is 0 Å². The van der Waals surface area contributed by atoms with Gasteiger partial charge < -0.3 is 9.15 Å². The summed E-state index contributed by atoms with van der Waals surface area (Å²) in [6.07, 6.45) is 1.05. The Bertz CT molecular complexity index is 268. The molecule has 0 amide bonds. The lowest BCUT2D eigenvalue weighted by Gasteiger charge is -2.05. The second-order valence-corrected chi connectivity index (χ2v) is 3.15. The molecule has 0 aliphatic rings. The Morgan fingerprint density at radius 3 is 2.69 bits per heavy atom. The number of hydrogen-bond acceptors (Lipinski definition) is 3. The van der Waals surface area contributed by atoms with Gasteiger partial charge in [-0.15, -0.1) is 0 Å². The van der Waals surface area contributed by atoms with Gasteiger partial charge in [-0.05, 0) is 13.3 Å². The van der Waals surface area contributed by atoms with Crippen molar-refractivity contribution in [2.24, 2.45) is 0 Å². The molecule has 0 bridgehead atoms. The number of rotatable bonds is 4. The summed E-state index contributed by atoms with van der Waals surface area (Å²) in [5, 5.41) is 0. The van der Waals surface area contributed by atoms with Gasteiger partial charge in [-0.25, -0.2) is 4.98 Å². The first-order valence-electron chi connectivity index (χ1n) is 4.79. The van der Waals surface area contributed by atoms with Crippen LogP contribution in [0.5, 0.6) is 5.95 Å². The van der Waals surface area contributed by atoms with Crippen molar-refractivity contribution in [1.29, 1.82) is 0 Å². The maximum Gasteiger partial charge on any atom is 0.308 e. The fourth-order valence-corrected chi connectivity index (χ4v) is 1.16. The molecule has 0 saturated carbocycles. The molecule has 0 aromatic carbocycles. The Morgan fingerprint density at radius 2 is 2.15 bits per heavy atom. The Balaban J connectivity index is 2.89. The minimum Gasteiger partial charge on any atom is -0.464 e. The van der Waals surface area contributed by atoms with Gasteiger partial charge in [0.25, 0.3) is 0 Å². The van der Waals surface area contributed by atoms with Crippen molar-refractivity contribution in [3.05, 3.63) is 11.6 Å². The van der Waals surface area contributed by atoms with Crippen molar-refractivity contribution in [3.63, 3.8) is 0 Å². The summed E-state index contributed by atoms with van der Waals surface area (Å²) in [6, 6.07) is 0. The summed E-state index contributed by atoms with van der Waals surface area (Å²) in [4.78, 5) is 4.31. The average Bonchev–Trinajstić information content (AvgIpc) is 2.46. The van der Waals surface area contributed by atoms with Crippen LogP contribution in [0.2, 0.25) is 0 Å². The van der Waals surface area contributed by atoms with Crippen molar-refractivity contribution in [3.8, 4) is 5.95 Å². The highest BCUT2D eigenvalue weighted by Gasteiger charge is 2.16. The molecule has 1 aromatic heterocycles. The van der Waals surface area contributed by atoms with Crippen LogP contribution in [0.1, 0.15) is 44.7 Å². The lowest BCUT2D eigenvalue weighted by atomic mass is 10.1. The van der Waals surface area contributed by atoms with E-state index in [1.807, 2.05) is 13.8 Å². The van der Waals surface area contributed by atoms with Crippen LogP contribution in [0, 0.1) is 6.92 Å². The second kappa shape index (κ2) is 4.30. The van der Waals surface area contributed by atoms with E-state index >= 15 is 0 Å². The quantitative estimate of drug-likeness (QED) is 0.720. The summed E-state index contributed by atoms with van der Waals surface area (Å²) >= 11 is 0. The molecule has 1 heterocycles. The van der Waals surface area contributed by atoms with E-state index in [-0.39, 0.29) is 0 Å². The predicted molar refractivity (Wildman–Crippen MR) is 51.1 cm³/mol. The fraction of sp³-hybridized carbons (Fsp3) is 0.700.